The van der Waals surface area contributed by atoms with Crippen molar-refractivity contribution in [1.29, 1.82) is 0 Å². The van der Waals surface area contributed by atoms with Crippen LogP contribution in [0.2, 0.25) is 0 Å². The molecule has 0 saturated carbocycles. The Kier molecular flexibility index (Phi) is 4.81. The number of benzene rings is 2. The molecule has 0 amide bonds. The van der Waals surface area contributed by atoms with Gasteiger partial charge in [0.15, 0.2) is 0 Å². The molecule has 2 aromatic rings. The van der Waals surface area contributed by atoms with Crippen LogP contribution in [-0.4, -0.2) is 16.7 Å². The van der Waals surface area contributed by atoms with Crippen molar-refractivity contribution < 1.29 is 5.11 Å². The highest BCUT2D eigenvalue weighted by Crippen LogP contribution is 2.32. The normalized spacial score (nSPS) is 15.0. The van der Waals surface area contributed by atoms with E-state index in [4.69, 9.17) is 0 Å². The maximum absolute atomic E-state index is 10.8. The lowest BCUT2D eigenvalue weighted by Crippen LogP contribution is -2.47. The zero-order chi connectivity index (χ0) is 15.3. The van der Waals surface area contributed by atoms with Gasteiger partial charge < -0.3 is 10.0 Å². The van der Waals surface area contributed by atoms with Crippen LogP contribution < -0.4 is 4.90 Å². The fraction of sp³-hybridized carbons (Fsp3) is 0.263. The van der Waals surface area contributed by atoms with E-state index in [0.717, 1.165) is 11.4 Å². The molecule has 110 valence electrons. The van der Waals surface area contributed by atoms with E-state index in [1.807, 2.05) is 50.2 Å². The highest BCUT2D eigenvalue weighted by atomic mass is 16.3. The molecular formula is C19H23NO. The second-order valence-corrected chi connectivity index (χ2v) is 5.57. The summed E-state index contributed by atoms with van der Waals surface area (Å²) in [5, 5.41) is 10.8. The third-order valence-electron chi connectivity index (χ3n) is 3.91. The molecule has 0 heterocycles. The van der Waals surface area contributed by atoms with Crippen LogP contribution in [0, 0.1) is 0 Å². The minimum atomic E-state index is -0.854. The van der Waals surface area contributed by atoms with Gasteiger partial charge in [-0.25, -0.2) is 0 Å². The van der Waals surface area contributed by atoms with E-state index in [1.165, 1.54) is 0 Å². The summed E-state index contributed by atoms with van der Waals surface area (Å²) < 4.78 is 0. The van der Waals surface area contributed by atoms with Gasteiger partial charge in [0.2, 0.25) is 0 Å². The minimum Gasteiger partial charge on any atom is -0.388 e. The van der Waals surface area contributed by atoms with Crippen LogP contribution in [0.25, 0.3) is 0 Å². The SMILES string of the molecule is C=CC[C@](C)(O)[C@@H](C)N(c1ccccc1)c1ccccc1. The Morgan fingerprint density at radius 2 is 1.48 bits per heavy atom. The lowest BCUT2D eigenvalue weighted by Gasteiger charge is -2.40. The number of rotatable bonds is 6. The van der Waals surface area contributed by atoms with Crippen LogP contribution in [0.1, 0.15) is 20.3 Å². The molecule has 0 bridgehead atoms. The summed E-state index contributed by atoms with van der Waals surface area (Å²) in [5.41, 5.74) is 1.29. The van der Waals surface area contributed by atoms with Gasteiger partial charge in [0, 0.05) is 11.4 Å². The molecule has 0 spiro atoms. The molecule has 0 aromatic heterocycles. The molecule has 2 nitrogen and oxygen atoms in total. The number of hydrogen-bond acceptors (Lipinski definition) is 2. The summed E-state index contributed by atoms with van der Waals surface area (Å²) in [6, 6.07) is 20.2. The van der Waals surface area contributed by atoms with Gasteiger partial charge in [0.1, 0.15) is 0 Å². The Labute approximate surface area is 127 Å². The summed E-state index contributed by atoms with van der Waals surface area (Å²) in [5.74, 6) is 0. The van der Waals surface area contributed by atoms with Gasteiger partial charge in [0.25, 0.3) is 0 Å². The van der Waals surface area contributed by atoms with Crippen molar-refractivity contribution >= 4 is 11.4 Å². The first-order valence-corrected chi connectivity index (χ1v) is 7.29. The zero-order valence-electron chi connectivity index (χ0n) is 12.7. The second-order valence-electron chi connectivity index (χ2n) is 5.57. The molecule has 2 aromatic carbocycles. The van der Waals surface area contributed by atoms with E-state index in [9.17, 15) is 5.11 Å². The Bertz CT molecular complexity index is 523. The lowest BCUT2D eigenvalue weighted by molar-refractivity contribution is 0.0417. The Balaban J connectivity index is 2.44. The largest absolute Gasteiger partial charge is 0.388 e. The Morgan fingerprint density at radius 1 is 1.05 bits per heavy atom. The topological polar surface area (TPSA) is 23.5 Å². The van der Waals surface area contributed by atoms with E-state index in [-0.39, 0.29) is 6.04 Å². The zero-order valence-corrected chi connectivity index (χ0v) is 12.7. The summed E-state index contributed by atoms with van der Waals surface area (Å²) in [6.07, 6.45) is 2.31. The van der Waals surface area contributed by atoms with Crippen molar-refractivity contribution in [3.05, 3.63) is 73.3 Å². The fourth-order valence-electron chi connectivity index (χ4n) is 2.51. The minimum absolute atomic E-state index is 0.0831. The van der Waals surface area contributed by atoms with Crippen LogP contribution in [0.5, 0.6) is 0 Å². The number of anilines is 2. The van der Waals surface area contributed by atoms with Crippen molar-refractivity contribution in [3.8, 4) is 0 Å². The second kappa shape index (κ2) is 6.59. The maximum Gasteiger partial charge on any atom is 0.0857 e. The van der Waals surface area contributed by atoms with Gasteiger partial charge >= 0.3 is 0 Å². The van der Waals surface area contributed by atoms with Gasteiger partial charge in [-0.2, -0.15) is 0 Å². The third-order valence-corrected chi connectivity index (χ3v) is 3.91. The first-order valence-electron chi connectivity index (χ1n) is 7.29. The van der Waals surface area contributed by atoms with Crippen LogP contribution in [0.3, 0.4) is 0 Å². The molecule has 0 aliphatic carbocycles. The number of hydrogen-bond donors (Lipinski definition) is 1. The highest BCUT2D eigenvalue weighted by molar-refractivity contribution is 5.64. The molecule has 0 fully saturated rings. The number of nitrogens with zero attached hydrogens (tertiary/aromatic N) is 1. The first-order chi connectivity index (χ1) is 10.1. The highest BCUT2D eigenvalue weighted by Gasteiger charge is 2.32. The molecular weight excluding hydrogens is 258 g/mol. The molecule has 0 saturated heterocycles. The molecule has 0 unspecified atom stereocenters. The molecule has 1 N–H and O–H groups in total. The van der Waals surface area contributed by atoms with E-state index in [2.05, 4.69) is 35.7 Å². The van der Waals surface area contributed by atoms with E-state index in [0.29, 0.717) is 6.42 Å². The molecule has 2 atom stereocenters. The summed E-state index contributed by atoms with van der Waals surface area (Å²) >= 11 is 0. The van der Waals surface area contributed by atoms with Crippen molar-refractivity contribution in [2.75, 3.05) is 4.90 Å². The van der Waals surface area contributed by atoms with Gasteiger partial charge in [-0.15, -0.1) is 6.58 Å². The van der Waals surface area contributed by atoms with Gasteiger partial charge in [-0.05, 0) is 44.5 Å². The number of para-hydroxylation sites is 2. The van der Waals surface area contributed by atoms with Crippen LogP contribution >= 0.6 is 0 Å². The van der Waals surface area contributed by atoms with E-state index in [1.54, 1.807) is 6.08 Å². The van der Waals surface area contributed by atoms with Gasteiger partial charge in [0.05, 0.1) is 11.6 Å². The van der Waals surface area contributed by atoms with Gasteiger partial charge in [-0.1, -0.05) is 42.5 Å². The van der Waals surface area contributed by atoms with E-state index < -0.39 is 5.60 Å². The molecule has 21 heavy (non-hydrogen) atoms. The van der Waals surface area contributed by atoms with Crippen LogP contribution in [-0.2, 0) is 0 Å². The standard InChI is InChI=1S/C19H23NO/c1-4-15-19(3,21)16(2)20(17-11-7-5-8-12-17)18-13-9-6-10-14-18/h4-14,16,21H,1,15H2,2-3H3/t16-,19+/m1/s1. The van der Waals surface area contributed by atoms with Crippen molar-refractivity contribution in [2.24, 2.45) is 0 Å². The molecule has 0 aliphatic rings. The Morgan fingerprint density at radius 3 is 1.86 bits per heavy atom. The molecule has 2 heteroatoms. The predicted molar refractivity (Wildman–Crippen MR) is 89.9 cm³/mol. The quantitative estimate of drug-likeness (QED) is 0.786. The summed E-state index contributed by atoms with van der Waals surface area (Å²) in [6.45, 7) is 7.66. The molecule has 2 rings (SSSR count). The average Bonchev–Trinajstić information content (AvgIpc) is 2.49. The van der Waals surface area contributed by atoms with Gasteiger partial charge in [-0.3, -0.25) is 0 Å². The van der Waals surface area contributed by atoms with Crippen molar-refractivity contribution in [1.82, 2.24) is 0 Å². The first kappa shape index (κ1) is 15.3. The summed E-state index contributed by atoms with van der Waals surface area (Å²) in [4.78, 5) is 2.17. The average molecular weight is 281 g/mol. The number of aliphatic hydroxyl groups is 1. The van der Waals surface area contributed by atoms with Crippen LogP contribution in [0.4, 0.5) is 11.4 Å². The maximum atomic E-state index is 10.8. The molecule has 0 radical (unpaired) electrons. The predicted octanol–water partition coefficient (Wildman–Crippen LogP) is 4.54. The van der Waals surface area contributed by atoms with E-state index >= 15 is 0 Å². The van der Waals surface area contributed by atoms with Crippen LogP contribution in [0.15, 0.2) is 73.3 Å². The Hall–Kier alpha value is -2.06. The third kappa shape index (κ3) is 3.53. The monoisotopic (exact) mass is 281 g/mol. The van der Waals surface area contributed by atoms with Crippen molar-refractivity contribution in [2.45, 2.75) is 31.9 Å². The summed E-state index contributed by atoms with van der Waals surface area (Å²) in [7, 11) is 0. The van der Waals surface area contributed by atoms with Crippen molar-refractivity contribution in [3.63, 3.8) is 0 Å². The molecule has 0 aliphatic heterocycles. The fourth-order valence-corrected chi connectivity index (χ4v) is 2.51. The smallest absolute Gasteiger partial charge is 0.0857 e. The lowest BCUT2D eigenvalue weighted by atomic mass is 9.91.